The molecule has 0 aliphatic heterocycles. The van der Waals surface area contributed by atoms with Gasteiger partial charge in [0.15, 0.2) is 11.3 Å². The standard InChI is InChI=1S/C15H17N3O2.C13H13N3O2.Li.2H2O/c1-2-20-15(19)12-8-9-16-18-10-13(17-14(12)18)11-6-4-3-5-7-11;17-13(18)10-6-7-14-16-8-11(15-12(10)16)9-4-2-1-3-5-9;;;/h6,8-10H,2-5,7H2,1H3;4,6-8H,1-3,5H2,(H,17,18);;2*1H2/q;;+1;;/p-1. The maximum atomic E-state index is 11.9. The van der Waals surface area contributed by atoms with Crippen LogP contribution in [0.25, 0.3) is 22.4 Å². The van der Waals surface area contributed by atoms with Gasteiger partial charge in [0.1, 0.15) is 11.1 Å². The molecule has 12 nitrogen and oxygen atoms in total. The number of imidazole rings is 2. The van der Waals surface area contributed by atoms with Crippen molar-refractivity contribution in [2.45, 2.75) is 58.3 Å². The Balaban J connectivity index is 0.000000268. The number of allylic oxidation sites excluding steroid dienone is 4. The monoisotopic (exact) mass is 556 g/mol. The Morgan fingerprint density at radius 2 is 1.34 bits per heavy atom. The number of carboxylic acids is 1. The molecule has 0 unspecified atom stereocenters. The number of aromatic carboxylic acids is 1. The molecule has 4 aromatic rings. The second kappa shape index (κ2) is 15.3. The summed E-state index contributed by atoms with van der Waals surface area (Å²) < 4.78 is 8.24. The van der Waals surface area contributed by atoms with Gasteiger partial charge >= 0.3 is 30.8 Å². The van der Waals surface area contributed by atoms with Gasteiger partial charge in [-0.05, 0) is 81.6 Å². The summed E-state index contributed by atoms with van der Waals surface area (Å²) in [5.41, 5.74) is 5.82. The van der Waals surface area contributed by atoms with E-state index < -0.39 is 5.97 Å². The zero-order valence-electron chi connectivity index (χ0n) is 23.3. The molecule has 0 bridgehead atoms. The predicted molar refractivity (Wildman–Crippen MR) is 147 cm³/mol. The Labute approximate surface area is 248 Å². The van der Waals surface area contributed by atoms with Gasteiger partial charge in [-0.25, -0.2) is 28.6 Å². The summed E-state index contributed by atoms with van der Waals surface area (Å²) in [4.78, 5) is 32.0. The van der Waals surface area contributed by atoms with Crippen LogP contribution in [-0.2, 0) is 4.74 Å². The van der Waals surface area contributed by atoms with Crippen molar-refractivity contribution in [3.63, 3.8) is 0 Å². The molecule has 0 amide bonds. The van der Waals surface area contributed by atoms with Crippen molar-refractivity contribution in [1.29, 1.82) is 0 Å². The van der Waals surface area contributed by atoms with Gasteiger partial charge in [-0.15, -0.1) is 0 Å². The molecule has 212 valence electrons. The molecule has 0 saturated heterocycles. The van der Waals surface area contributed by atoms with Crippen LogP contribution in [0.3, 0.4) is 0 Å². The second-order valence-electron chi connectivity index (χ2n) is 9.25. The molecule has 0 spiro atoms. The Bertz CT molecular complexity index is 1560. The fourth-order valence-electron chi connectivity index (χ4n) is 4.78. The van der Waals surface area contributed by atoms with Gasteiger partial charge in [-0.3, -0.25) is 0 Å². The number of hydrogen-bond donors (Lipinski definition) is 1. The number of aromatic nitrogens is 6. The molecule has 13 heteroatoms. The number of carboxylic acid groups (broad SMARTS) is 1. The molecule has 2 aliphatic carbocycles. The number of carbonyl (C=O) groups excluding carboxylic acids is 1. The number of carbonyl (C=O) groups is 2. The van der Waals surface area contributed by atoms with E-state index in [-0.39, 0.29) is 41.3 Å². The molecular weight excluding hydrogens is 523 g/mol. The van der Waals surface area contributed by atoms with Crippen molar-refractivity contribution >= 4 is 34.4 Å². The first-order valence-electron chi connectivity index (χ1n) is 13.0. The topological polar surface area (TPSA) is 185 Å². The molecule has 0 fully saturated rings. The minimum atomic E-state index is -0.975. The third kappa shape index (κ3) is 7.48. The Morgan fingerprint density at radius 3 is 1.78 bits per heavy atom. The van der Waals surface area contributed by atoms with Gasteiger partial charge in [-0.1, -0.05) is 12.2 Å². The average Bonchev–Trinajstić information content (AvgIpc) is 3.59. The van der Waals surface area contributed by atoms with Crippen LogP contribution in [0.15, 0.2) is 49.1 Å². The molecule has 0 atom stereocenters. The first-order chi connectivity index (χ1) is 18.5. The molecule has 0 aromatic carbocycles. The van der Waals surface area contributed by atoms with Crippen LogP contribution in [-0.4, -0.2) is 63.8 Å². The van der Waals surface area contributed by atoms with Crippen LogP contribution >= 0.6 is 0 Å². The van der Waals surface area contributed by atoms with Crippen molar-refractivity contribution in [1.82, 2.24) is 29.2 Å². The maximum absolute atomic E-state index is 11.9. The van der Waals surface area contributed by atoms with Gasteiger partial charge in [0.25, 0.3) is 0 Å². The van der Waals surface area contributed by atoms with E-state index in [9.17, 15) is 9.59 Å². The summed E-state index contributed by atoms with van der Waals surface area (Å²) in [5.74, 6) is -1.33. The normalized spacial score (nSPS) is 14.3. The van der Waals surface area contributed by atoms with Crippen LogP contribution < -0.4 is 18.9 Å². The molecule has 0 radical (unpaired) electrons. The van der Waals surface area contributed by atoms with Gasteiger partial charge < -0.3 is 20.8 Å². The van der Waals surface area contributed by atoms with Crippen LogP contribution in [0.4, 0.5) is 0 Å². The molecule has 4 aromatic heterocycles. The number of hydrogen-bond acceptors (Lipinski definition) is 8. The van der Waals surface area contributed by atoms with E-state index in [2.05, 4.69) is 32.3 Å². The minimum absolute atomic E-state index is 0. The zero-order chi connectivity index (χ0) is 26.5. The van der Waals surface area contributed by atoms with E-state index in [1.54, 1.807) is 29.9 Å². The van der Waals surface area contributed by atoms with Gasteiger partial charge in [0.2, 0.25) is 0 Å². The number of nitrogens with zero attached hydrogens (tertiary/aromatic N) is 6. The zero-order valence-corrected chi connectivity index (χ0v) is 23.3. The van der Waals surface area contributed by atoms with Crippen molar-refractivity contribution < 1.29 is 49.2 Å². The Kier molecular flexibility index (Phi) is 12.4. The number of ether oxygens (including phenoxy) is 1. The molecule has 0 saturated carbocycles. The van der Waals surface area contributed by atoms with E-state index in [0.29, 0.717) is 23.5 Å². The molecule has 41 heavy (non-hydrogen) atoms. The van der Waals surface area contributed by atoms with E-state index in [1.807, 2.05) is 6.20 Å². The van der Waals surface area contributed by atoms with Crippen LogP contribution in [0, 0.1) is 0 Å². The summed E-state index contributed by atoms with van der Waals surface area (Å²) in [7, 11) is 0. The second-order valence-corrected chi connectivity index (χ2v) is 9.25. The maximum Gasteiger partial charge on any atom is 1.00 e. The quantitative estimate of drug-likeness (QED) is 0.279. The van der Waals surface area contributed by atoms with Gasteiger partial charge in [0.05, 0.1) is 30.4 Å². The summed E-state index contributed by atoms with van der Waals surface area (Å²) in [5, 5.41) is 17.4. The van der Waals surface area contributed by atoms with Crippen molar-refractivity contribution in [2.24, 2.45) is 0 Å². The van der Waals surface area contributed by atoms with Crippen LogP contribution in [0.1, 0.15) is 90.4 Å². The van der Waals surface area contributed by atoms with E-state index in [0.717, 1.165) is 37.1 Å². The first kappa shape index (κ1) is 33.4. The van der Waals surface area contributed by atoms with Crippen molar-refractivity contribution in [2.75, 3.05) is 6.61 Å². The molecule has 2 aliphatic rings. The summed E-state index contributed by atoms with van der Waals surface area (Å²) in [6.45, 7) is 2.14. The predicted octanol–water partition coefficient (Wildman–Crippen LogP) is 1.25. The largest absolute Gasteiger partial charge is 1.00 e. The molecule has 6 rings (SSSR count). The van der Waals surface area contributed by atoms with Crippen molar-refractivity contribution in [3.8, 4) is 0 Å². The fourth-order valence-corrected chi connectivity index (χ4v) is 4.78. The minimum Gasteiger partial charge on any atom is -0.870 e. The summed E-state index contributed by atoms with van der Waals surface area (Å²) in [6.07, 6.45) is 20.2. The summed E-state index contributed by atoms with van der Waals surface area (Å²) >= 11 is 0. The molecular formula is C28H33LiN6O6. The van der Waals surface area contributed by atoms with Crippen LogP contribution in [0.5, 0.6) is 0 Å². The van der Waals surface area contributed by atoms with Crippen LogP contribution in [0.2, 0.25) is 0 Å². The average molecular weight is 557 g/mol. The van der Waals surface area contributed by atoms with E-state index in [1.165, 1.54) is 53.6 Å². The third-order valence-electron chi connectivity index (χ3n) is 6.69. The third-order valence-corrected chi connectivity index (χ3v) is 6.69. The fraction of sp³-hybridized carbons (Fsp3) is 0.357. The van der Waals surface area contributed by atoms with Crippen molar-refractivity contribution in [3.05, 3.63) is 71.6 Å². The molecule has 4 N–H and O–H groups in total. The molecule has 4 heterocycles. The summed E-state index contributed by atoms with van der Waals surface area (Å²) in [6, 6.07) is 3.13. The number of fused-ring (bicyclic) bond motifs is 2. The van der Waals surface area contributed by atoms with E-state index >= 15 is 0 Å². The Hall–Kier alpha value is -3.82. The number of rotatable bonds is 5. The van der Waals surface area contributed by atoms with E-state index in [4.69, 9.17) is 9.84 Å². The Morgan fingerprint density at radius 1 is 0.854 bits per heavy atom. The smallest absolute Gasteiger partial charge is 0.870 e. The van der Waals surface area contributed by atoms with Gasteiger partial charge in [0, 0.05) is 12.4 Å². The number of esters is 1. The SMILES string of the molecule is CCOC(=O)c1ccnn2cc(C3=CCCCC3)nc12.O.O=C(O)c1ccnn2cc(C3=CCCCC3)nc12.[Li+].[OH-]. The first-order valence-corrected chi connectivity index (χ1v) is 13.0. The van der Waals surface area contributed by atoms with Gasteiger partial charge in [-0.2, -0.15) is 10.2 Å².